The van der Waals surface area contributed by atoms with Gasteiger partial charge >= 0.3 is 5.97 Å². The minimum Gasteiger partial charge on any atom is -0.464 e. The Hall–Kier alpha value is -1.40. The molecule has 0 N–H and O–H groups in total. The van der Waals surface area contributed by atoms with E-state index < -0.39 is 22.2 Å². The average molecular weight is 342 g/mol. The van der Waals surface area contributed by atoms with Crippen molar-refractivity contribution in [1.82, 2.24) is 0 Å². The summed E-state index contributed by atoms with van der Waals surface area (Å²) >= 11 is 0. The first-order valence-electron chi connectivity index (χ1n) is 8.10. The molecule has 0 spiro atoms. The van der Waals surface area contributed by atoms with Gasteiger partial charge in [-0.3, -0.25) is 4.18 Å². The topological polar surface area (TPSA) is 69.7 Å². The van der Waals surface area contributed by atoms with Crippen LogP contribution in [0.2, 0.25) is 0 Å². The van der Waals surface area contributed by atoms with Crippen LogP contribution in [-0.2, 0) is 29.6 Å². The first kappa shape index (κ1) is 19.6. The van der Waals surface area contributed by atoms with Crippen LogP contribution in [0.15, 0.2) is 30.3 Å². The number of benzene rings is 1. The van der Waals surface area contributed by atoms with Crippen molar-refractivity contribution < 1.29 is 22.1 Å². The lowest BCUT2D eigenvalue weighted by molar-refractivity contribution is -0.151. The molecule has 0 saturated carbocycles. The number of esters is 1. The predicted molar refractivity (Wildman–Crippen MR) is 89.3 cm³/mol. The number of ether oxygens (including phenoxy) is 1. The van der Waals surface area contributed by atoms with Crippen LogP contribution in [0.25, 0.3) is 0 Å². The second-order valence-electron chi connectivity index (χ2n) is 5.37. The maximum absolute atomic E-state index is 12.2. The molecule has 0 aliphatic carbocycles. The number of unbranched alkanes of at least 4 members (excludes halogenated alkanes) is 3. The molecule has 0 fully saturated rings. The molecule has 0 aromatic heterocycles. The van der Waals surface area contributed by atoms with Gasteiger partial charge in [0.25, 0.3) is 10.1 Å². The zero-order valence-corrected chi connectivity index (χ0v) is 14.7. The summed E-state index contributed by atoms with van der Waals surface area (Å²) in [4.78, 5) is 11.9. The summed E-state index contributed by atoms with van der Waals surface area (Å²) in [5, 5.41) is 0. The summed E-state index contributed by atoms with van der Waals surface area (Å²) in [5.41, 5.74) is 0.626. The lowest BCUT2D eigenvalue weighted by Crippen LogP contribution is -2.30. The molecular weight excluding hydrogens is 316 g/mol. The molecular formula is C17H26O5S. The van der Waals surface area contributed by atoms with E-state index in [9.17, 15) is 13.2 Å². The third-order valence-electron chi connectivity index (χ3n) is 3.32. The van der Waals surface area contributed by atoms with Crippen molar-refractivity contribution in [3.05, 3.63) is 35.9 Å². The van der Waals surface area contributed by atoms with Crippen LogP contribution in [0.1, 0.15) is 51.5 Å². The Bertz CT molecular complexity index is 554. The Labute approximate surface area is 139 Å². The minimum absolute atomic E-state index is 0.201. The van der Waals surface area contributed by atoms with Crippen molar-refractivity contribution >= 4 is 16.1 Å². The first-order valence-corrected chi connectivity index (χ1v) is 9.67. The van der Waals surface area contributed by atoms with Crippen molar-refractivity contribution in [2.75, 3.05) is 6.61 Å². The van der Waals surface area contributed by atoms with Crippen LogP contribution in [-0.4, -0.2) is 27.1 Å². The molecule has 0 bridgehead atoms. The molecule has 0 aliphatic rings. The van der Waals surface area contributed by atoms with E-state index in [2.05, 4.69) is 6.92 Å². The fraction of sp³-hybridized carbons (Fsp3) is 0.588. The molecule has 0 heterocycles. The predicted octanol–water partition coefficient (Wildman–Crippen LogP) is 3.44. The molecule has 5 nitrogen and oxygen atoms in total. The Morgan fingerprint density at radius 2 is 1.78 bits per heavy atom. The second-order valence-corrected chi connectivity index (χ2v) is 6.97. The average Bonchev–Trinajstić information content (AvgIpc) is 2.51. The highest BCUT2D eigenvalue weighted by molar-refractivity contribution is 7.85. The molecule has 1 aromatic carbocycles. The number of rotatable bonds is 11. The monoisotopic (exact) mass is 342 g/mol. The van der Waals surface area contributed by atoms with Crippen LogP contribution in [0, 0.1) is 0 Å². The fourth-order valence-corrected chi connectivity index (χ4v) is 3.38. The molecule has 0 amide bonds. The number of carbonyl (C=O) groups is 1. The highest BCUT2D eigenvalue weighted by atomic mass is 32.2. The van der Waals surface area contributed by atoms with Gasteiger partial charge in [-0.2, -0.15) is 8.42 Å². The van der Waals surface area contributed by atoms with E-state index in [0.29, 0.717) is 12.0 Å². The normalized spacial score (nSPS) is 12.8. The number of hydrogen-bond donors (Lipinski definition) is 0. The van der Waals surface area contributed by atoms with E-state index in [1.807, 2.05) is 6.07 Å². The standard InChI is InChI=1S/C17H26O5S/c1-3-5-6-10-13-16(17(18)21-4-2)22-23(19,20)14-15-11-8-7-9-12-15/h7-9,11-12,16H,3-6,10,13-14H2,1-2H3. The number of carbonyl (C=O) groups excluding carboxylic acids is 1. The summed E-state index contributed by atoms with van der Waals surface area (Å²) < 4.78 is 34.4. The molecule has 1 unspecified atom stereocenters. The van der Waals surface area contributed by atoms with Crippen molar-refractivity contribution in [3.8, 4) is 0 Å². The molecule has 23 heavy (non-hydrogen) atoms. The highest BCUT2D eigenvalue weighted by Gasteiger charge is 2.27. The van der Waals surface area contributed by atoms with Crippen LogP contribution in [0.3, 0.4) is 0 Å². The van der Waals surface area contributed by atoms with Gasteiger partial charge in [0.15, 0.2) is 6.10 Å². The first-order chi connectivity index (χ1) is 11.0. The van der Waals surface area contributed by atoms with Gasteiger partial charge in [0.1, 0.15) is 5.75 Å². The largest absolute Gasteiger partial charge is 0.464 e. The van der Waals surface area contributed by atoms with E-state index in [1.165, 1.54) is 0 Å². The van der Waals surface area contributed by atoms with Crippen molar-refractivity contribution in [1.29, 1.82) is 0 Å². The van der Waals surface area contributed by atoms with E-state index >= 15 is 0 Å². The molecule has 1 atom stereocenters. The minimum atomic E-state index is -3.84. The quantitative estimate of drug-likeness (QED) is 0.350. The molecule has 1 aromatic rings. The second kappa shape index (κ2) is 10.4. The van der Waals surface area contributed by atoms with Crippen molar-refractivity contribution in [2.45, 2.75) is 57.8 Å². The molecule has 130 valence electrons. The van der Waals surface area contributed by atoms with Crippen molar-refractivity contribution in [3.63, 3.8) is 0 Å². The van der Waals surface area contributed by atoms with Gasteiger partial charge in [-0.1, -0.05) is 62.9 Å². The summed E-state index contributed by atoms with van der Waals surface area (Å²) in [6, 6.07) is 8.76. The third-order valence-corrected chi connectivity index (χ3v) is 4.53. The summed E-state index contributed by atoms with van der Waals surface area (Å²) in [6.45, 7) is 3.97. The highest BCUT2D eigenvalue weighted by Crippen LogP contribution is 2.15. The van der Waals surface area contributed by atoms with Gasteiger partial charge in [0, 0.05) is 0 Å². The maximum Gasteiger partial charge on any atom is 0.336 e. The molecule has 0 aliphatic heterocycles. The van der Waals surface area contributed by atoms with E-state index in [0.717, 1.165) is 25.7 Å². The molecule has 0 saturated heterocycles. The summed E-state index contributed by atoms with van der Waals surface area (Å²) in [5.74, 6) is -0.862. The smallest absolute Gasteiger partial charge is 0.336 e. The lowest BCUT2D eigenvalue weighted by atomic mass is 10.1. The Kier molecular flexibility index (Phi) is 8.87. The Morgan fingerprint density at radius 3 is 2.39 bits per heavy atom. The zero-order chi connectivity index (χ0) is 17.1. The lowest BCUT2D eigenvalue weighted by Gasteiger charge is -2.16. The van der Waals surface area contributed by atoms with Gasteiger partial charge in [0.05, 0.1) is 6.61 Å². The van der Waals surface area contributed by atoms with Crippen LogP contribution in [0.5, 0.6) is 0 Å². The van der Waals surface area contributed by atoms with Gasteiger partial charge in [0.2, 0.25) is 0 Å². The summed E-state index contributed by atoms with van der Waals surface area (Å²) in [7, 11) is -3.84. The van der Waals surface area contributed by atoms with Gasteiger partial charge in [-0.25, -0.2) is 4.79 Å². The Balaban J connectivity index is 2.67. The van der Waals surface area contributed by atoms with E-state index in [4.69, 9.17) is 8.92 Å². The molecule has 0 radical (unpaired) electrons. The SMILES string of the molecule is CCCCCCC(OS(=O)(=O)Cc1ccccc1)C(=O)OCC. The van der Waals surface area contributed by atoms with E-state index in [1.54, 1.807) is 31.2 Å². The van der Waals surface area contributed by atoms with Gasteiger partial charge < -0.3 is 4.74 Å². The van der Waals surface area contributed by atoms with Gasteiger partial charge in [-0.05, 0) is 18.9 Å². The maximum atomic E-state index is 12.2. The van der Waals surface area contributed by atoms with Crippen LogP contribution < -0.4 is 0 Å². The third kappa shape index (κ3) is 8.13. The van der Waals surface area contributed by atoms with E-state index in [-0.39, 0.29) is 12.4 Å². The van der Waals surface area contributed by atoms with Crippen molar-refractivity contribution in [2.24, 2.45) is 0 Å². The molecule has 1 rings (SSSR count). The zero-order valence-electron chi connectivity index (χ0n) is 13.9. The fourth-order valence-electron chi connectivity index (χ4n) is 2.19. The summed E-state index contributed by atoms with van der Waals surface area (Å²) in [6.07, 6.45) is 3.09. The van der Waals surface area contributed by atoms with Gasteiger partial charge in [-0.15, -0.1) is 0 Å². The van der Waals surface area contributed by atoms with Crippen LogP contribution >= 0.6 is 0 Å². The molecule has 6 heteroatoms. The number of hydrogen-bond acceptors (Lipinski definition) is 5. The van der Waals surface area contributed by atoms with Crippen LogP contribution in [0.4, 0.5) is 0 Å². The Morgan fingerprint density at radius 1 is 1.09 bits per heavy atom.